The number of anilines is 1. The van der Waals surface area contributed by atoms with Crippen LogP contribution in [0.15, 0.2) is 6.07 Å². The van der Waals surface area contributed by atoms with Gasteiger partial charge < -0.3 is 10.6 Å². The Morgan fingerprint density at radius 3 is 3.14 bits per heavy atom. The first-order valence-electron chi connectivity index (χ1n) is 5.25. The molecule has 4 nitrogen and oxygen atoms in total. The van der Waals surface area contributed by atoms with Crippen molar-refractivity contribution in [3.8, 4) is 0 Å². The van der Waals surface area contributed by atoms with Crippen molar-refractivity contribution in [2.45, 2.75) is 31.7 Å². The Morgan fingerprint density at radius 2 is 2.50 bits per heavy atom. The highest BCUT2D eigenvalue weighted by molar-refractivity contribution is 5.28. The summed E-state index contributed by atoms with van der Waals surface area (Å²) < 4.78 is 0. The number of likely N-dealkylation sites (tertiary alicyclic amines) is 1. The number of nitrogens with zero attached hydrogens (tertiary/aromatic N) is 2. The van der Waals surface area contributed by atoms with Crippen LogP contribution in [0.2, 0.25) is 0 Å². The van der Waals surface area contributed by atoms with Crippen LogP contribution in [0.5, 0.6) is 0 Å². The van der Waals surface area contributed by atoms with Crippen molar-refractivity contribution < 1.29 is 0 Å². The minimum Gasteiger partial charge on any atom is -0.382 e. The first kappa shape index (κ1) is 9.52. The summed E-state index contributed by atoms with van der Waals surface area (Å²) >= 11 is 0. The van der Waals surface area contributed by atoms with Crippen LogP contribution in [0.4, 0.5) is 5.82 Å². The van der Waals surface area contributed by atoms with Crippen LogP contribution in [0.3, 0.4) is 0 Å². The van der Waals surface area contributed by atoms with Crippen molar-refractivity contribution in [1.29, 1.82) is 0 Å². The van der Waals surface area contributed by atoms with E-state index in [0.29, 0.717) is 11.9 Å². The van der Waals surface area contributed by atoms with Crippen LogP contribution in [-0.2, 0) is 6.42 Å². The lowest BCUT2D eigenvalue weighted by molar-refractivity contribution is 0.183. The Bertz CT molecular complexity index is 294. The molecule has 2 rings (SSSR count). The van der Waals surface area contributed by atoms with Gasteiger partial charge in [0, 0.05) is 24.2 Å². The minimum atomic E-state index is 0.596. The van der Waals surface area contributed by atoms with E-state index < -0.39 is 0 Å². The van der Waals surface area contributed by atoms with E-state index in [1.165, 1.54) is 25.8 Å². The molecule has 1 aliphatic heterocycles. The van der Waals surface area contributed by atoms with Crippen LogP contribution in [0.1, 0.15) is 25.0 Å². The molecule has 4 heteroatoms. The molecule has 0 aromatic carbocycles. The second kappa shape index (κ2) is 4.00. The molecule has 1 aromatic rings. The lowest BCUT2D eigenvalue weighted by atomic mass is 9.99. The highest BCUT2D eigenvalue weighted by Crippen LogP contribution is 2.18. The molecule has 1 saturated heterocycles. The molecule has 1 unspecified atom stereocenters. The standard InChI is InChI=1S/C10H18N4/c1-14-5-3-2-4-9(14)6-8-7-10(11)13-12-8/h7,9H,2-6H2,1H3,(H3,11,12,13). The smallest absolute Gasteiger partial charge is 0.145 e. The normalized spacial score (nSPS) is 23.9. The van der Waals surface area contributed by atoms with Gasteiger partial charge in [0.15, 0.2) is 0 Å². The van der Waals surface area contributed by atoms with Crippen LogP contribution >= 0.6 is 0 Å². The molecule has 2 heterocycles. The fraction of sp³-hybridized carbons (Fsp3) is 0.700. The first-order valence-corrected chi connectivity index (χ1v) is 5.25. The zero-order valence-corrected chi connectivity index (χ0v) is 8.66. The third-order valence-electron chi connectivity index (χ3n) is 3.03. The molecule has 0 bridgehead atoms. The summed E-state index contributed by atoms with van der Waals surface area (Å²) in [5.41, 5.74) is 6.72. The van der Waals surface area contributed by atoms with Gasteiger partial charge in [0.05, 0.1) is 0 Å². The van der Waals surface area contributed by atoms with Gasteiger partial charge in [-0.05, 0) is 26.4 Å². The van der Waals surface area contributed by atoms with Gasteiger partial charge in [0.25, 0.3) is 0 Å². The fourth-order valence-corrected chi connectivity index (χ4v) is 2.14. The fourth-order valence-electron chi connectivity index (χ4n) is 2.14. The molecule has 1 aliphatic rings. The van der Waals surface area contributed by atoms with Crippen LogP contribution < -0.4 is 5.73 Å². The highest BCUT2D eigenvalue weighted by Gasteiger charge is 2.19. The van der Waals surface area contributed by atoms with Crippen molar-refractivity contribution >= 4 is 5.82 Å². The van der Waals surface area contributed by atoms with Gasteiger partial charge in [0.2, 0.25) is 0 Å². The summed E-state index contributed by atoms with van der Waals surface area (Å²) in [6, 6.07) is 2.59. The Morgan fingerprint density at radius 1 is 1.64 bits per heavy atom. The molecule has 1 fully saturated rings. The number of nitrogens with two attached hydrogens (primary N) is 1. The van der Waals surface area contributed by atoms with Gasteiger partial charge in [-0.1, -0.05) is 6.42 Å². The van der Waals surface area contributed by atoms with Crippen molar-refractivity contribution in [3.63, 3.8) is 0 Å². The number of rotatable bonds is 2. The molecule has 1 atom stereocenters. The van der Waals surface area contributed by atoms with Crippen LogP contribution in [-0.4, -0.2) is 34.7 Å². The minimum absolute atomic E-state index is 0.596. The van der Waals surface area contributed by atoms with Crippen LogP contribution in [0, 0.1) is 0 Å². The number of piperidine rings is 1. The molecule has 0 amide bonds. The van der Waals surface area contributed by atoms with E-state index in [0.717, 1.165) is 12.1 Å². The average Bonchev–Trinajstić information content (AvgIpc) is 2.56. The van der Waals surface area contributed by atoms with Crippen molar-refractivity contribution in [2.75, 3.05) is 19.3 Å². The van der Waals surface area contributed by atoms with Gasteiger partial charge in [0.1, 0.15) is 5.82 Å². The van der Waals surface area contributed by atoms with E-state index in [2.05, 4.69) is 22.1 Å². The summed E-state index contributed by atoms with van der Waals surface area (Å²) in [4.78, 5) is 2.43. The molecule has 14 heavy (non-hydrogen) atoms. The molecule has 0 spiro atoms. The predicted molar refractivity (Wildman–Crippen MR) is 57.0 cm³/mol. The van der Waals surface area contributed by atoms with Crippen molar-refractivity contribution in [1.82, 2.24) is 15.1 Å². The maximum absolute atomic E-state index is 5.56. The Labute approximate surface area is 84.5 Å². The summed E-state index contributed by atoms with van der Waals surface area (Å²) in [5, 5.41) is 6.91. The molecule has 78 valence electrons. The molecular formula is C10H18N4. The lowest BCUT2D eigenvalue weighted by Crippen LogP contribution is -2.37. The first-order chi connectivity index (χ1) is 6.75. The predicted octanol–water partition coefficient (Wildman–Crippen LogP) is 1.02. The highest BCUT2D eigenvalue weighted by atomic mass is 15.2. The van der Waals surface area contributed by atoms with Gasteiger partial charge >= 0.3 is 0 Å². The van der Waals surface area contributed by atoms with Gasteiger partial charge in [-0.2, -0.15) is 5.10 Å². The quantitative estimate of drug-likeness (QED) is 0.739. The van der Waals surface area contributed by atoms with Gasteiger partial charge in [-0.15, -0.1) is 0 Å². The Hall–Kier alpha value is -1.03. The van der Waals surface area contributed by atoms with Crippen LogP contribution in [0.25, 0.3) is 0 Å². The zero-order chi connectivity index (χ0) is 9.97. The van der Waals surface area contributed by atoms with Crippen molar-refractivity contribution in [2.24, 2.45) is 0 Å². The summed E-state index contributed by atoms with van der Waals surface area (Å²) in [6.07, 6.45) is 5.01. The number of aromatic nitrogens is 2. The SMILES string of the molecule is CN1CCCCC1Cc1cc(N)n[nH]1. The summed E-state index contributed by atoms with van der Waals surface area (Å²) in [7, 11) is 2.20. The molecule has 0 saturated carbocycles. The molecule has 0 aliphatic carbocycles. The number of H-pyrrole nitrogens is 1. The molecule has 1 aromatic heterocycles. The average molecular weight is 194 g/mol. The lowest BCUT2D eigenvalue weighted by Gasteiger charge is -2.32. The van der Waals surface area contributed by atoms with E-state index in [9.17, 15) is 0 Å². The molecule has 0 radical (unpaired) electrons. The Kier molecular flexibility index (Phi) is 2.72. The number of nitrogen functional groups attached to an aromatic ring is 1. The van der Waals surface area contributed by atoms with Gasteiger partial charge in [-0.3, -0.25) is 5.10 Å². The number of nitrogens with one attached hydrogen (secondary N) is 1. The molecular weight excluding hydrogens is 176 g/mol. The largest absolute Gasteiger partial charge is 0.382 e. The second-order valence-electron chi connectivity index (χ2n) is 4.15. The Balaban J connectivity index is 1.95. The summed E-state index contributed by atoms with van der Waals surface area (Å²) in [5.74, 6) is 0.596. The van der Waals surface area contributed by atoms with E-state index in [-0.39, 0.29) is 0 Å². The maximum Gasteiger partial charge on any atom is 0.145 e. The van der Waals surface area contributed by atoms with Gasteiger partial charge in [-0.25, -0.2) is 0 Å². The number of hydrogen-bond donors (Lipinski definition) is 2. The topological polar surface area (TPSA) is 57.9 Å². The second-order valence-corrected chi connectivity index (χ2v) is 4.15. The van der Waals surface area contributed by atoms with Crippen molar-refractivity contribution in [3.05, 3.63) is 11.8 Å². The number of aromatic amines is 1. The van der Waals surface area contributed by atoms with E-state index in [4.69, 9.17) is 5.73 Å². The van der Waals surface area contributed by atoms with E-state index in [1.54, 1.807) is 0 Å². The molecule has 3 N–H and O–H groups in total. The summed E-state index contributed by atoms with van der Waals surface area (Å²) in [6.45, 7) is 1.22. The zero-order valence-electron chi connectivity index (χ0n) is 8.66. The van der Waals surface area contributed by atoms with E-state index in [1.807, 2.05) is 6.07 Å². The van der Waals surface area contributed by atoms with E-state index >= 15 is 0 Å². The number of likely N-dealkylation sites (N-methyl/N-ethyl adjacent to an activating group) is 1. The third-order valence-corrected chi connectivity index (χ3v) is 3.03. The monoisotopic (exact) mass is 194 g/mol. The third kappa shape index (κ3) is 2.07. The maximum atomic E-state index is 5.56. The number of hydrogen-bond acceptors (Lipinski definition) is 3.